The van der Waals surface area contributed by atoms with E-state index >= 15 is 0 Å². The number of Topliss-reactive ketones (excluding diaryl/α,β-unsaturated/α-hetero) is 1. The number of guanidine groups is 1. The molecular formula is C26H17Cl2N5O2. The fraction of sp³-hybridized carbons (Fsp3) is 0.0769. The highest BCUT2D eigenvalue weighted by molar-refractivity contribution is 6.51. The van der Waals surface area contributed by atoms with E-state index in [4.69, 9.17) is 32.7 Å². The third-order valence-corrected chi connectivity index (χ3v) is 6.35. The Bertz CT molecular complexity index is 1500. The molecule has 0 amide bonds. The second-order valence-electron chi connectivity index (χ2n) is 8.10. The van der Waals surface area contributed by atoms with Crippen molar-refractivity contribution in [3.8, 4) is 11.3 Å². The van der Waals surface area contributed by atoms with Crippen molar-refractivity contribution in [1.82, 2.24) is 5.16 Å². The summed E-state index contributed by atoms with van der Waals surface area (Å²) in [7, 11) is 0. The molecule has 0 saturated heterocycles. The van der Waals surface area contributed by atoms with Crippen molar-refractivity contribution in [2.24, 2.45) is 10.1 Å². The minimum Gasteiger partial charge on any atom is -0.337 e. The molecule has 0 bridgehead atoms. The van der Waals surface area contributed by atoms with Gasteiger partial charge >= 0.3 is 0 Å². The Balaban J connectivity index is 1.58. The summed E-state index contributed by atoms with van der Waals surface area (Å²) in [5.74, 6) is 0.785. The number of halogens is 2. The fourth-order valence-corrected chi connectivity index (χ4v) is 4.48. The first kappa shape index (κ1) is 21.6. The number of ketones is 1. The summed E-state index contributed by atoms with van der Waals surface area (Å²) < 4.78 is 5.90. The number of hydrogen-bond acceptors (Lipinski definition) is 7. The molecule has 0 saturated carbocycles. The molecule has 0 spiro atoms. The second kappa shape index (κ2) is 8.37. The number of hydrogen-bond donors (Lipinski definition) is 0. The van der Waals surface area contributed by atoms with Crippen LogP contribution in [0.15, 0.2) is 93.5 Å². The molecule has 1 atom stereocenters. The lowest BCUT2D eigenvalue weighted by Gasteiger charge is -2.28. The molecule has 172 valence electrons. The van der Waals surface area contributed by atoms with E-state index in [1.165, 1.54) is 6.92 Å². The number of carbonyl (C=O) groups is 1. The fourth-order valence-electron chi connectivity index (χ4n) is 4.22. The average Bonchev–Trinajstić information content (AvgIpc) is 3.47. The normalized spacial score (nSPS) is 16.5. The van der Waals surface area contributed by atoms with Crippen molar-refractivity contribution in [3.63, 3.8) is 0 Å². The van der Waals surface area contributed by atoms with Gasteiger partial charge in [0, 0.05) is 22.5 Å². The predicted octanol–water partition coefficient (Wildman–Crippen LogP) is 6.34. The molecule has 0 aliphatic carbocycles. The molecular weight excluding hydrogens is 485 g/mol. The van der Waals surface area contributed by atoms with E-state index in [1.807, 2.05) is 66.7 Å². The molecule has 9 heteroatoms. The Morgan fingerprint density at radius 2 is 1.57 bits per heavy atom. The maximum atomic E-state index is 12.7. The summed E-state index contributed by atoms with van der Waals surface area (Å²) in [6.45, 7) is 1.46. The van der Waals surface area contributed by atoms with Crippen molar-refractivity contribution in [3.05, 3.63) is 100 Å². The summed E-state index contributed by atoms with van der Waals surface area (Å²) in [5, 5.41) is 11.8. The van der Waals surface area contributed by atoms with Gasteiger partial charge in [0.1, 0.15) is 11.7 Å². The Hall–Kier alpha value is -3.94. The van der Waals surface area contributed by atoms with Crippen LogP contribution in [0.5, 0.6) is 0 Å². The monoisotopic (exact) mass is 501 g/mol. The zero-order chi connectivity index (χ0) is 24.1. The van der Waals surface area contributed by atoms with Crippen LogP contribution < -0.4 is 9.91 Å². The number of benzene rings is 3. The van der Waals surface area contributed by atoms with Crippen LogP contribution in [0.1, 0.15) is 24.1 Å². The van der Waals surface area contributed by atoms with Crippen LogP contribution in [0, 0.1) is 0 Å². The van der Waals surface area contributed by atoms with Gasteiger partial charge in [0.2, 0.25) is 17.7 Å². The molecule has 4 aromatic rings. The second-order valence-corrected chi connectivity index (χ2v) is 8.98. The SMILES string of the molecule is CC(=O)C1=NN(c2ccc(Cl)cc2)C2=NC(c3ccc(Cl)cc3)c3c(-c4ccccc4)noc3N12. The molecule has 0 N–H and O–H groups in total. The van der Waals surface area contributed by atoms with Gasteiger partial charge < -0.3 is 4.52 Å². The summed E-state index contributed by atoms with van der Waals surface area (Å²) in [6.07, 6.45) is 0. The molecule has 3 heterocycles. The topological polar surface area (TPSA) is 74.3 Å². The maximum absolute atomic E-state index is 12.7. The number of hydrazone groups is 1. The van der Waals surface area contributed by atoms with Crippen LogP contribution in [0.4, 0.5) is 11.6 Å². The third-order valence-electron chi connectivity index (χ3n) is 5.85. The summed E-state index contributed by atoms with van der Waals surface area (Å²) in [5.41, 5.74) is 3.88. The summed E-state index contributed by atoms with van der Waals surface area (Å²) >= 11 is 12.3. The highest BCUT2D eigenvalue weighted by Crippen LogP contribution is 2.46. The van der Waals surface area contributed by atoms with Gasteiger partial charge in [-0.2, -0.15) is 5.01 Å². The third kappa shape index (κ3) is 3.60. The number of fused-ring (bicyclic) bond motifs is 3. The smallest absolute Gasteiger partial charge is 0.246 e. The maximum Gasteiger partial charge on any atom is 0.246 e. The summed E-state index contributed by atoms with van der Waals surface area (Å²) in [4.78, 5) is 19.4. The van der Waals surface area contributed by atoms with E-state index < -0.39 is 6.04 Å². The Kier molecular flexibility index (Phi) is 5.16. The van der Waals surface area contributed by atoms with Gasteiger partial charge in [-0.15, -0.1) is 5.10 Å². The van der Waals surface area contributed by atoms with Gasteiger partial charge in [-0.3, -0.25) is 4.79 Å². The Labute approximate surface area is 210 Å². The van der Waals surface area contributed by atoms with E-state index in [2.05, 4.69) is 10.3 Å². The first-order valence-corrected chi connectivity index (χ1v) is 11.6. The average molecular weight is 502 g/mol. The largest absolute Gasteiger partial charge is 0.337 e. The first-order valence-electron chi connectivity index (χ1n) is 10.8. The molecule has 6 rings (SSSR count). The number of aliphatic imine (C=N–C) groups is 1. The van der Waals surface area contributed by atoms with Crippen LogP contribution >= 0.6 is 23.2 Å². The van der Waals surface area contributed by atoms with Crippen molar-refractivity contribution in [1.29, 1.82) is 0 Å². The van der Waals surface area contributed by atoms with Gasteiger partial charge in [0.25, 0.3) is 0 Å². The van der Waals surface area contributed by atoms with Crippen LogP contribution in [0.25, 0.3) is 11.3 Å². The molecule has 2 aliphatic heterocycles. The van der Waals surface area contributed by atoms with Crippen LogP contribution in [-0.4, -0.2) is 22.7 Å². The molecule has 0 fully saturated rings. The van der Waals surface area contributed by atoms with Gasteiger partial charge in [-0.1, -0.05) is 70.8 Å². The van der Waals surface area contributed by atoms with Crippen LogP contribution in [0.3, 0.4) is 0 Å². The Morgan fingerprint density at radius 3 is 2.23 bits per heavy atom. The minimum absolute atomic E-state index is 0.185. The van der Waals surface area contributed by atoms with E-state index in [0.717, 1.165) is 16.7 Å². The van der Waals surface area contributed by atoms with Gasteiger partial charge in [0.15, 0.2) is 5.78 Å². The highest BCUT2D eigenvalue weighted by Gasteiger charge is 2.45. The molecule has 35 heavy (non-hydrogen) atoms. The number of rotatable bonds is 4. The highest BCUT2D eigenvalue weighted by atomic mass is 35.5. The van der Waals surface area contributed by atoms with Gasteiger partial charge in [-0.25, -0.2) is 9.89 Å². The molecule has 1 unspecified atom stereocenters. The number of aromatic nitrogens is 1. The lowest BCUT2D eigenvalue weighted by atomic mass is 9.94. The van der Waals surface area contributed by atoms with Crippen LogP contribution in [-0.2, 0) is 4.79 Å². The molecule has 7 nitrogen and oxygen atoms in total. The number of amidine groups is 1. The zero-order valence-corrected chi connectivity index (χ0v) is 19.9. The standard InChI is InChI=1S/C26H17Cl2N5O2/c1-15(34)24-30-33(20-13-11-19(28)12-14-20)26-29-22(17-7-9-18(27)10-8-17)21-23(16-5-3-2-4-6-16)31-35-25(21)32(24)26/h2-14,22H,1H3. The zero-order valence-electron chi connectivity index (χ0n) is 18.4. The quantitative estimate of drug-likeness (QED) is 0.326. The van der Waals surface area contributed by atoms with E-state index in [-0.39, 0.29) is 11.6 Å². The number of carbonyl (C=O) groups excluding carboxylic acids is 1. The van der Waals surface area contributed by atoms with Crippen LogP contribution in [0.2, 0.25) is 10.0 Å². The molecule has 1 aromatic heterocycles. The predicted molar refractivity (Wildman–Crippen MR) is 137 cm³/mol. The number of anilines is 2. The molecule has 3 aromatic carbocycles. The van der Waals surface area contributed by atoms with E-state index in [9.17, 15) is 4.79 Å². The lowest BCUT2D eigenvalue weighted by Crippen LogP contribution is -2.43. The molecule has 2 aliphatic rings. The molecule has 0 radical (unpaired) electrons. The first-order chi connectivity index (χ1) is 17.0. The van der Waals surface area contributed by atoms with E-state index in [0.29, 0.717) is 33.3 Å². The summed E-state index contributed by atoms with van der Waals surface area (Å²) in [6, 6.07) is 23.9. The van der Waals surface area contributed by atoms with Crippen molar-refractivity contribution < 1.29 is 9.32 Å². The van der Waals surface area contributed by atoms with E-state index in [1.54, 1.807) is 22.0 Å². The lowest BCUT2D eigenvalue weighted by molar-refractivity contribution is -0.111. The minimum atomic E-state index is -0.466. The Morgan fingerprint density at radius 1 is 0.914 bits per heavy atom. The van der Waals surface area contributed by atoms with Gasteiger partial charge in [0.05, 0.1) is 11.3 Å². The van der Waals surface area contributed by atoms with Crippen molar-refractivity contribution in [2.75, 3.05) is 9.91 Å². The van der Waals surface area contributed by atoms with Gasteiger partial charge in [-0.05, 0) is 42.0 Å². The number of nitrogens with zero attached hydrogens (tertiary/aromatic N) is 5. The van der Waals surface area contributed by atoms with Crippen molar-refractivity contribution >= 4 is 52.4 Å². The van der Waals surface area contributed by atoms with Crippen molar-refractivity contribution in [2.45, 2.75) is 13.0 Å².